The minimum absolute atomic E-state index is 0.181. The SMILES string of the molecule is Clc1ccc(-c2nnc(SCc3nc4ccccc4o3)n2C[C@H]2CCCO2)cc1. The number of fused-ring (bicyclic) bond motifs is 1. The van der Waals surface area contributed by atoms with Gasteiger partial charge >= 0.3 is 0 Å². The van der Waals surface area contributed by atoms with Gasteiger partial charge in [0.25, 0.3) is 0 Å². The smallest absolute Gasteiger partial charge is 0.205 e. The van der Waals surface area contributed by atoms with Crippen molar-refractivity contribution in [3.8, 4) is 11.4 Å². The van der Waals surface area contributed by atoms with Crippen LogP contribution in [0.15, 0.2) is 58.1 Å². The highest BCUT2D eigenvalue weighted by Gasteiger charge is 2.22. The minimum atomic E-state index is 0.181. The van der Waals surface area contributed by atoms with Crippen LogP contribution in [0.2, 0.25) is 5.02 Å². The lowest BCUT2D eigenvalue weighted by Crippen LogP contribution is -2.16. The van der Waals surface area contributed by atoms with Crippen molar-refractivity contribution in [2.45, 2.75) is 36.4 Å². The van der Waals surface area contributed by atoms with Gasteiger partial charge in [0.2, 0.25) is 5.89 Å². The van der Waals surface area contributed by atoms with E-state index in [9.17, 15) is 0 Å². The summed E-state index contributed by atoms with van der Waals surface area (Å²) >= 11 is 7.62. The van der Waals surface area contributed by atoms with E-state index in [0.717, 1.165) is 53.6 Å². The number of ether oxygens (including phenoxy) is 1. The van der Waals surface area contributed by atoms with Gasteiger partial charge in [0.15, 0.2) is 16.6 Å². The van der Waals surface area contributed by atoms with Crippen molar-refractivity contribution in [1.82, 2.24) is 19.7 Å². The zero-order valence-corrected chi connectivity index (χ0v) is 17.2. The molecule has 8 heteroatoms. The Labute approximate surface area is 177 Å². The summed E-state index contributed by atoms with van der Waals surface area (Å²) in [5.74, 6) is 2.08. The highest BCUT2D eigenvalue weighted by molar-refractivity contribution is 7.98. The Balaban J connectivity index is 1.42. The fraction of sp³-hybridized carbons (Fsp3) is 0.286. The molecule has 1 aliphatic rings. The van der Waals surface area contributed by atoms with Crippen LogP contribution in [0, 0.1) is 0 Å². The van der Waals surface area contributed by atoms with E-state index in [0.29, 0.717) is 16.7 Å². The highest BCUT2D eigenvalue weighted by atomic mass is 35.5. The average molecular weight is 427 g/mol. The third kappa shape index (κ3) is 4.03. The molecule has 2 aromatic heterocycles. The molecule has 4 aromatic rings. The second-order valence-corrected chi connectivity index (χ2v) is 8.30. The Morgan fingerprint density at radius 1 is 1.10 bits per heavy atom. The van der Waals surface area contributed by atoms with Gasteiger partial charge in [-0.05, 0) is 49.2 Å². The normalized spacial score (nSPS) is 16.7. The topological polar surface area (TPSA) is 66.0 Å². The number of rotatable bonds is 6. The molecule has 0 aliphatic carbocycles. The van der Waals surface area contributed by atoms with Gasteiger partial charge in [0, 0.05) is 17.2 Å². The zero-order chi connectivity index (χ0) is 19.6. The first-order valence-corrected chi connectivity index (χ1v) is 10.9. The quantitative estimate of drug-likeness (QED) is 0.394. The molecule has 0 N–H and O–H groups in total. The van der Waals surface area contributed by atoms with Gasteiger partial charge in [-0.15, -0.1) is 10.2 Å². The van der Waals surface area contributed by atoms with Gasteiger partial charge in [-0.1, -0.05) is 35.5 Å². The standard InChI is InChI=1S/C21H19ClN4O2S/c22-15-9-7-14(8-10-15)20-24-25-21(26(20)12-16-4-3-11-27-16)29-13-19-23-17-5-1-2-6-18(17)28-19/h1-2,5-10,16H,3-4,11-13H2/t16-/m1/s1. The van der Waals surface area contributed by atoms with Crippen LogP contribution in [0.5, 0.6) is 0 Å². The summed E-state index contributed by atoms with van der Waals surface area (Å²) < 4.78 is 13.8. The number of para-hydroxylation sites is 2. The minimum Gasteiger partial charge on any atom is -0.440 e. The Morgan fingerprint density at radius 2 is 1.97 bits per heavy atom. The third-order valence-electron chi connectivity index (χ3n) is 4.89. The number of benzene rings is 2. The molecule has 0 spiro atoms. The van der Waals surface area contributed by atoms with E-state index in [-0.39, 0.29) is 6.10 Å². The second kappa shape index (κ2) is 8.18. The van der Waals surface area contributed by atoms with Gasteiger partial charge in [-0.25, -0.2) is 4.98 Å². The van der Waals surface area contributed by atoms with Crippen LogP contribution >= 0.6 is 23.4 Å². The number of aromatic nitrogens is 4. The van der Waals surface area contributed by atoms with E-state index in [1.165, 1.54) is 0 Å². The maximum atomic E-state index is 6.05. The van der Waals surface area contributed by atoms with Crippen molar-refractivity contribution in [1.29, 1.82) is 0 Å². The third-order valence-corrected chi connectivity index (χ3v) is 6.10. The molecule has 0 amide bonds. The number of hydrogen-bond acceptors (Lipinski definition) is 6. The first-order chi connectivity index (χ1) is 14.3. The van der Waals surface area contributed by atoms with Crippen molar-refractivity contribution < 1.29 is 9.15 Å². The van der Waals surface area contributed by atoms with Gasteiger partial charge in [-0.3, -0.25) is 4.57 Å². The van der Waals surface area contributed by atoms with Crippen LogP contribution < -0.4 is 0 Å². The fourth-order valence-electron chi connectivity index (χ4n) is 3.47. The van der Waals surface area contributed by atoms with Crippen molar-refractivity contribution in [2.24, 2.45) is 0 Å². The number of halogens is 1. The van der Waals surface area contributed by atoms with Gasteiger partial charge in [0.05, 0.1) is 18.4 Å². The largest absolute Gasteiger partial charge is 0.440 e. The van der Waals surface area contributed by atoms with Gasteiger partial charge in [-0.2, -0.15) is 0 Å². The van der Waals surface area contributed by atoms with E-state index in [1.54, 1.807) is 11.8 Å². The molecular weight excluding hydrogens is 408 g/mol. The lowest BCUT2D eigenvalue weighted by Gasteiger charge is -2.14. The first-order valence-electron chi connectivity index (χ1n) is 9.54. The molecule has 1 saturated heterocycles. The molecule has 0 radical (unpaired) electrons. The van der Waals surface area contributed by atoms with Crippen LogP contribution in [0.1, 0.15) is 18.7 Å². The summed E-state index contributed by atoms with van der Waals surface area (Å²) in [4.78, 5) is 4.55. The summed E-state index contributed by atoms with van der Waals surface area (Å²) in [5, 5.41) is 10.4. The van der Waals surface area contributed by atoms with Crippen LogP contribution in [0.3, 0.4) is 0 Å². The van der Waals surface area contributed by atoms with Crippen LogP contribution in [-0.2, 0) is 17.0 Å². The summed E-state index contributed by atoms with van der Waals surface area (Å²) in [6.45, 7) is 1.54. The number of nitrogens with zero attached hydrogens (tertiary/aromatic N) is 4. The van der Waals surface area contributed by atoms with E-state index in [2.05, 4.69) is 19.7 Å². The summed E-state index contributed by atoms with van der Waals surface area (Å²) in [6.07, 6.45) is 2.32. The van der Waals surface area contributed by atoms with E-state index in [4.69, 9.17) is 20.8 Å². The van der Waals surface area contributed by atoms with E-state index in [1.807, 2.05) is 48.5 Å². The van der Waals surface area contributed by atoms with Crippen LogP contribution in [-0.4, -0.2) is 32.5 Å². The molecule has 3 heterocycles. The number of hydrogen-bond donors (Lipinski definition) is 0. The van der Waals surface area contributed by atoms with Crippen molar-refractivity contribution in [3.63, 3.8) is 0 Å². The Hall–Kier alpha value is -2.35. The lowest BCUT2D eigenvalue weighted by atomic mass is 10.2. The molecule has 1 aliphatic heterocycles. The summed E-state index contributed by atoms with van der Waals surface area (Å²) in [7, 11) is 0. The summed E-state index contributed by atoms with van der Waals surface area (Å²) in [5.41, 5.74) is 2.64. The Morgan fingerprint density at radius 3 is 2.76 bits per heavy atom. The maximum Gasteiger partial charge on any atom is 0.205 e. The first kappa shape index (κ1) is 18.7. The molecule has 2 aromatic carbocycles. The molecule has 29 heavy (non-hydrogen) atoms. The second-order valence-electron chi connectivity index (χ2n) is 6.92. The molecule has 0 bridgehead atoms. The highest BCUT2D eigenvalue weighted by Crippen LogP contribution is 2.29. The monoisotopic (exact) mass is 426 g/mol. The van der Waals surface area contributed by atoms with E-state index >= 15 is 0 Å². The Kier molecular flexibility index (Phi) is 5.26. The molecule has 0 saturated carbocycles. The van der Waals surface area contributed by atoms with Crippen molar-refractivity contribution >= 4 is 34.5 Å². The molecule has 5 rings (SSSR count). The molecule has 148 valence electrons. The number of thioether (sulfide) groups is 1. The zero-order valence-electron chi connectivity index (χ0n) is 15.6. The molecule has 0 unspecified atom stereocenters. The molecule has 6 nitrogen and oxygen atoms in total. The maximum absolute atomic E-state index is 6.05. The van der Waals surface area contributed by atoms with Crippen molar-refractivity contribution in [2.75, 3.05) is 6.61 Å². The number of oxazole rings is 1. The summed E-state index contributed by atoms with van der Waals surface area (Å²) in [6, 6.07) is 15.4. The van der Waals surface area contributed by atoms with Crippen LogP contribution in [0.25, 0.3) is 22.5 Å². The predicted molar refractivity (Wildman–Crippen MR) is 113 cm³/mol. The van der Waals surface area contributed by atoms with Crippen molar-refractivity contribution in [3.05, 3.63) is 59.4 Å². The predicted octanol–water partition coefficient (Wildman–Crippen LogP) is 5.21. The van der Waals surface area contributed by atoms with Crippen LogP contribution in [0.4, 0.5) is 0 Å². The molecule has 1 atom stereocenters. The van der Waals surface area contributed by atoms with E-state index < -0.39 is 0 Å². The molecule has 1 fully saturated rings. The molecular formula is C21H19ClN4O2S. The average Bonchev–Trinajstić information content (AvgIpc) is 3.47. The Bertz CT molecular complexity index is 1090. The fourth-order valence-corrected chi connectivity index (χ4v) is 4.39. The van der Waals surface area contributed by atoms with Gasteiger partial charge < -0.3 is 9.15 Å². The lowest BCUT2D eigenvalue weighted by molar-refractivity contribution is 0.0953. The van der Waals surface area contributed by atoms with Gasteiger partial charge in [0.1, 0.15) is 5.52 Å².